The zero-order valence-electron chi connectivity index (χ0n) is 14.7. The van der Waals surface area contributed by atoms with Crippen LogP contribution in [0.25, 0.3) is 0 Å². The number of nitrogens with one attached hydrogen (secondary N) is 1. The number of benzene rings is 1. The highest BCUT2D eigenvalue weighted by atomic mass is 16.5. The van der Waals surface area contributed by atoms with Crippen molar-refractivity contribution in [3.05, 3.63) is 24.3 Å². The SMILES string of the molecule is CCOc1ccc(OCCNC(=O)CN2CCC(C)(CN)C2)cc1. The van der Waals surface area contributed by atoms with Gasteiger partial charge in [0.15, 0.2) is 0 Å². The predicted molar refractivity (Wildman–Crippen MR) is 94.3 cm³/mol. The van der Waals surface area contributed by atoms with Gasteiger partial charge in [-0.05, 0) is 56.1 Å². The average molecular weight is 335 g/mol. The fraction of sp³-hybridized carbons (Fsp3) is 0.611. The minimum Gasteiger partial charge on any atom is -0.494 e. The van der Waals surface area contributed by atoms with Crippen LogP contribution < -0.4 is 20.5 Å². The van der Waals surface area contributed by atoms with Gasteiger partial charge in [0.1, 0.15) is 18.1 Å². The normalized spacial score (nSPS) is 20.8. The Bertz CT molecular complexity index is 521. The van der Waals surface area contributed by atoms with E-state index in [0.717, 1.165) is 31.0 Å². The molecule has 0 saturated carbocycles. The number of ether oxygens (including phenoxy) is 2. The molecule has 6 nitrogen and oxygen atoms in total. The maximum Gasteiger partial charge on any atom is 0.234 e. The average Bonchev–Trinajstić information content (AvgIpc) is 2.95. The van der Waals surface area contributed by atoms with Crippen LogP contribution in [0.3, 0.4) is 0 Å². The van der Waals surface area contributed by atoms with Gasteiger partial charge in [0, 0.05) is 6.54 Å². The molecular weight excluding hydrogens is 306 g/mol. The van der Waals surface area contributed by atoms with E-state index in [1.165, 1.54) is 0 Å². The van der Waals surface area contributed by atoms with Gasteiger partial charge in [-0.2, -0.15) is 0 Å². The molecule has 3 N–H and O–H groups in total. The number of hydrogen-bond acceptors (Lipinski definition) is 5. The summed E-state index contributed by atoms with van der Waals surface area (Å²) in [4.78, 5) is 14.1. The van der Waals surface area contributed by atoms with Crippen molar-refractivity contribution in [3.63, 3.8) is 0 Å². The highest BCUT2D eigenvalue weighted by Crippen LogP contribution is 2.27. The number of rotatable bonds is 9. The number of carbonyl (C=O) groups excluding carboxylic acids is 1. The molecule has 1 aliphatic rings. The molecule has 24 heavy (non-hydrogen) atoms. The fourth-order valence-corrected chi connectivity index (χ4v) is 2.84. The second-order valence-corrected chi connectivity index (χ2v) is 6.58. The van der Waals surface area contributed by atoms with Crippen LogP contribution in [-0.4, -0.2) is 56.7 Å². The molecule has 1 aromatic carbocycles. The van der Waals surface area contributed by atoms with Gasteiger partial charge < -0.3 is 20.5 Å². The maximum atomic E-state index is 12.0. The Balaban J connectivity index is 1.61. The van der Waals surface area contributed by atoms with Gasteiger partial charge in [-0.15, -0.1) is 0 Å². The zero-order chi connectivity index (χ0) is 17.4. The molecule has 6 heteroatoms. The van der Waals surface area contributed by atoms with Crippen LogP contribution in [-0.2, 0) is 4.79 Å². The predicted octanol–water partition coefficient (Wildman–Crippen LogP) is 1.25. The first kappa shape index (κ1) is 18.5. The number of nitrogens with two attached hydrogens (primary N) is 1. The summed E-state index contributed by atoms with van der Waals surface area (Å²) in [6.07, 6.45) is 1.05. The molecule has 0 spiro atoms. The molecule has 0 aromatic heterocycles. The molecule has 1 atom stereocenters. The molecule has 1 saturated heterocycles. The van der Waals surface area contributed by atoms with Crippen LogP contribution >= 0.6 is 0 Å². The van der Waals surface area contributed by atoms with E-state index in [4.69, 9.17) is 15.2 Å². The molecule has 134 valence electrons. The van der Waals surface area contributed by atoms with E-state index >= 15 is 0 Å². The highest BCUT2D eigenvalue weighted by Gasteiger charge is 2.32. The third-order valence-electron chi connectivity index (χ3n) is 4.32. The van der Waals surface area contributed by atoms with Crippen molar-refractivity contribution in [1.29, 1.82) is 0 Å². The lowest BCUT2D eigenvalue weighted by atomic mass is 9.90. The van der Waals surface area contributed by atoms with Crippen molar-refractivity contribution in [2.24, 2.45) is 11.1 Å². The topological polar surface area (TPSA) is 76.8 Å². The van der Waals surface area contributed by atoms with E-state index in [9.17, 15) is 4.79 Å². The van der Waals surface area contributed by atoms with E-state index in [1.54, 1.807) is 0 Å². The van der Waals surface area contributed by atoms with Crippen LogP contribution in [0, 0.1) is 5.41 Å². The number of likely N-dealkylation sites (tertiary alicyclic amines) is 1. The van der Waals surface area contributed by atoms with E-state index < -0.39 is 0 Å². The van der Waals surface area contributed by atoms with Gasteiger partial charge in [-0.1, -0.05) is 6.92 Å². The molecule has 1 heterocycles. The lowest BCUT2D eigenvalue weighted by molar-refractivity contribution is -0.122. The van der Waals surface area contributed by atoms with Crippen LogP contribution in [0.2, 0.25) is 0 Å². The highest BCUT2D eigenvalue weighted by molar-refractivity contribution is 5.78. The largest absolute Gasteiger partial charge is 0.494 e. The summed E-state index contributed by atoms with van der Waals surface area (Å²) in [5.41, 5.74) is 5.94. The Labute approximate surface area is 144 Å². The number of carbonyl (C=O) groups is 1. The first-order valence-corrected chi connectivity index (χ1v) is 8.59. The molecule has 1 fully saturated rings. The van der Waals surface area contributed by atoms with Crippen LogP contribution in [0.4, 0.5) is 0 Å². The van der Waals surface area contributed by atoms with E-state index in [0.29, 0.717) is 32.8 Å². The summed E-state index contributed by atoms with van der Waals surface area (Å²) in [6, 6.07) is 7.48. The van der Waals surface area contributed by atoms with Gasteiger partial charge in [0.2, 0.25) is 5.91 Å². The van der Waals surface area contributed by atoms with Crippen LogP contribution in [0.15, 0.2) is 24.3 Å². The zero-order valence-corrected chi connectivity index (χ0v) is 14.7. The molecule has 0 bridgehead atoms. The molecule has 1 aromatic rings. The van der Waals surface area contributed by atoms with E-state index in [-0.39, 0.29) is 11.3 Å². The van der Waals surface area contributed by atoms with Gasteiger partial charge in [-0.3, -0.25) is 9.69 Å². The smallest absolute Gasteiger partial charge is 0.234 e. The standard InChI is InChI=1S/C18H29N3O3/c1-3-23-15-4-6-16(7-5-15)24-11-9-20-17(22)12-21-10-8-18(2,13-19)14-21/h4-7H,3,8-14,19H2,1-2H3,(H,20,22). The molecule has 1 unspecified atom stereocenters. The number of nitrogens with zero attached hydrogens (tertiary/aromatic N) is 1. The fourth-order valence-electron chi connectivity index (χ4n) is 2.84. The molecule has 0 radical (unpaired) electrons. The third-order valence-corrected chi connectivity index (χ3v) is 4.32. The molecular formula is C18H29N3O3. The summed E-state index contributed by atoms with van der Waals surface area (Å²) < 4.78 is 11.0. The summed E-state index contributed by atoms with van der Waals surface area (Å²) in [7, 11) is 0. The second-order valence-electron chi connectivity index (χ2n) is 6.58. The Morgan fingerprint density at radius 2 is 1.96 bits per heavy atom. The summed E-state index contributed by atoms with van der Waals surface area (Å²) in [6.45, 7) is 8.63. The molecule has 1 amide bonds. The summed E-state index contributed by atoms with van der Waals surface area (Å²) >= 11 is 0. The maximum absolute atomic E-state index is 12.0. The van der Waals surface area contributed by atoms with Crippen LogP contribution in [0.1, 0.15) is 20.3 Å². The third kappa shape index (κ3) is 5.69. The van der Waals surface area contributed by atoms with E-state index in [1.807, 2.05) is 31.2 Å². The van der Waals surface area contributed by atoms with Gasteiger partial charge in [-0.25, -0.2) is 0 Å². The Hall–Kier alpha value is -1.79. The van der Waals surface area contributed by atoms with Crippen molar-refractivity contribution >= 4 is 5.91 Å². The first-order valence-electron chi connectivity index (χ1n) is 8.59. The van der Waals surface area contributed by atoms with Gasteiger partial charge in [0.25, 0.3) is 0 Å². The molecule has 1 aliphatic heterocycles. The van der Waals surface area contributed by atoms with Crippen molar-refractivity contribution in [2.75, 3.05) is 45.9 Å². The lowest BCUT2D eigenvalue weighted by Gasteiger charge is -2.22. The van der Waals surface area contributed by atoms with Crippen molar-refractivity contribution in [1.82, 2.24) is 10.2 Å². The monoisotopic (exact) mass is 335 g/mol. The summed E-state index contributed by atoms with van der Waals surface area (Å²) in [5.74, 6) is 1.63. The minimum atomic E-state index is 0.0339. The van der Waals surface area contributed by atoms with Gasteiger partial charge >= 0.3 is 0 Å². The van der Waals surface area contributed by atoms with Crippen molar-refractivity contribution in [2.45, 2.75) is 20.3 Å². The quantitative estimate of drug-likeness (QED) is 0.664. The Morgan fingerprint density at radius 1 is 1.29 bits per heavy atom. The van der Waals surface area contributed by atoms with Crippen LogP contribution in [0.5, 0.6) is 11.5 Å². The van der Waals surface area contributed by atoms with Gasteiger partial charge in [0.05, 0.1) is 19.7 Å². The summed E-state index contributed by atoms with van der Waals surface area (Å²) in [5, 5.41) is 2.90. The number of amides is 1. The Morgan fingerprint density at radius 3 is 2.54 bits per heavy atom. The second kappa shape index (κ2) is 8.89. The Kier molecular flexibility index (Phi) is 6.87. The number of hydrogen-bond donors (Lipinski definition) is 2. The molecule has 0 aliphatic carbocycles. The minimum absolute atomic E-state index is 0.0339. The first-order chi connectivity index (χ1) is 11.5. The van der Waals surface area contributed by atoms with Crippen molar-refractivity contribution < 1.29 is 14.3 Å². The lowest BCUT2D eigenvalue weighted by Crippen LogP contribution is -2.39. The molecule has 2 rings (SSSR count). The van der Waals surface area contributed by atoms with Crippen molar-refractivity contribution in [3.8, 4) is 11.5 Å². The van der Waals surface area contributed by atoms with E-state index in [2.05, 4.69) is 17.1 Å².